The van der Waals surface area contributed by atoms with Crippen molar-refractivity contribution in [2.45, 2.75) is 45.4 Å². The second kappa shape index (κ2) is 10.4. The van der Waals surface area contributed by atoms with Crippen LogP contribution in [0.1, 0.15) is 55.8 Å². The average Bonchev–Trinajstić information content (AvgIpc) is 2.64. The van der Waals surface area contributed by atoms with Gasteiger partial charge in [-0.2, -0.15) is 0 Å². The van der Waals surface area contributed by atoms with Gasteiger partial charge in [0.25, 0.3) is 5.91 Å². The summed E-state index contributed by atoms with van der Waals surface area (Å²) in [6.07, 6.45) is 5.73. The fraction of sp³-hybridized carbons (Fsp3) is 0.450. The van der Waals surface area contributed by atoms with Gasteiger partial charge in [-0.25, -0.2) is 4.79 Å². The van der Waals surface area contributed by atoms with Gasteiger partial charge in [0.2, 0.25) is 0 Å². The number of carbonyl (C=O) groups is 2. The predicted molar refractivity (Wildman–Crippen MR) is 99.2 cm³/mol. The van der Waals surface area contributed by atoms with E-state index in [9.17, 15) is 14.4 Å². The smallest absolute Gasteiger partial charge is 0.349 e. The van der Waals surface area contributed by atoms with Crippen LogP contribution in [-0.4, -0.2) is 25.0 Å². The topological polar surface area (TPSA) is 85.6 Å². The molecule has 0 aliphatic rings. The van der Waals surface area contributed by atoms with Crippen molar-refractivity contribution in [3.8, 4) is 0 Å². The largest absolute Gasteiger partial charge is 0.464 e. The van der Waals surface area contributed by atoms with Gasteiger partial charge in [0.05, 0.1) is 6.54 Å². The van der Waals surface area contributed by atoms with E-state index in [4.69, 9.17) is 9.15 Å². The summed E-state index contributed by atoms with van der Waals surface area (Å²) < 4.78 is 10.2. The molecule has 6 nitrogen and oxygen atoms in total. The van der Waals surface area contributed by atoms with E-state index < -0.39 is 11.5 Å². The van der Waals surface area contributed by atoms with Crippen LogP contribution < -0.4 is 10.9 Å². The molecule has 0 aliphatic carbocycles. The van der Waals surface area contributed by atoms with E-state index in [2.05, 4.69) is 12.2 Å². The van der Waals surface area contributed by atoms with Crippen molar-refractivity contribution in [2.75, 3.05) is 13.2 Å². The Kier molecular flexibility index (Phi) is 7.86. The molecule has 1 amide bonds. The number of nitrogens with one attached hydrogen (secondary N) is 1. The highest BCUT2D eigenvalue weighted by molar-refractivity contribution is 5.96. The second-order valence-corrected chi connectivity index (χ2v) is 6.13. The number of fused-ring (bicyclic) bond motifs is 1. The van der Waals surface area contributed by atoms with E-state index in [0.717, 1.165) is 19.3 Å². The first kappa shape index (κ1) is 19.7. The predicted octanol–water partition coefficient (Wildman–Crippen LogP) is 3.43. The highest BCUT2D eigenvalue weighted by Gasteiger charge is 2.13. The molecule has 0 unspecified atom stereocenters. The minimum absolute atomic E-state index is 0.0639. The van der Waals surface area contributed by atoms with Crippen molar-refractivity contribution in [1.82, 2.24) is 5.32 Å². The van der Waals surface area contributed by atoms with Crippen molar-refractivity contribution in [3.05, 3.63) is 46.3 Å². The van der Waals surface area contributed by atoms with Crippen LogP contribution in [0.15, 0.2) is 39.5 Å². The number of carbonyl (C=O) groups excluding carboxylic acids is 2. The lowest BCUT2D eigenvalue weighted by atomic mass is 10.1. The van der Waals surface area contributed by atoms with Crippen LogP contribution >= 0.6 is 0 Å². The van der Waals surface area contributed by atoms with E-state index in [1.165, 1.54) is 18.9 Å². The van der Waals surface area contributed by atoms with Gasteiger partial charge in [-0.3, -0.25) is 9.59 Å². The fourth-order valence-electron chi connectivity index (χ4n) is 2.59. The lowest BCUT2D eigenvalue weighted by Crippen LogP contribution is -2.31. The van der Waals surface area contributed by atoms with Crippen LogP contribution in [0.4, 0.5) is 0 Å². The molecule has 1 heterocycles. The van der Waals surface area contributed by atoms with Gasteiger partial charge in [0.15, 0.2) is 0 Å². The highest BCUT2D eigenvalue weighted by Crippen LogP contribution is 2.12. The number of benzene rings is 1. The summed E-state index contributed by atoms with van der Waals surface area (Å²) >= 11 is 0. The Morgan fingerprint density at radius 3 is 2.69 bits per heavy atom. The number of esters is 1. The molecule has 0 fully saturated rings. The molecule has 0 saturated carbocycles. The molecule has 0 atom stereocenters. The summed E-state index contributed by atoms with van der Waals surface area (Å²) in [6, 6.07) is 8.48. The lowest BCUT2D eigenvalue weighted by Gasteiger charge is -2.07. The standard InChI is InChI=1S/C20H25NO5/c1-2-3-4-5-6-11-18(22)25-13-12-21-19(23)16-14-15-9-7-8-10-17(15)26-20(16)24/h7-10,14H,2-6,11-13H2,1H3,(H,21,23). The van der Waals surface area contributed by atoms with Crippen LogP contribution in [0.5, 0.6) is 0 Å². The Morgan fingerprint density at radius 2 is 1.88 bits per heavy atom. The summed E-state index contributed by atoms with van der Waals surface area (Å²) in [5.74, 6) is -0.805. The molecule has 2 rings (SSSR count). The number of para-hydroxylation sites is 1. The van der Waals surface area contributed by atoms with Gasteiger partial charge >= 0.3 is 11.6 Å². The fourth-order valence-corrected chi connectivity index (χ4v) is 2.59. The SMILES string of the molecule is CCCCCCCC(=O)OCCNC(=O)c1cc2ccccc2oc1=O. The van der Waals surface area contributed by atoms with Crippen molar-refractivity contribution in [3.63, 3.8) is 0 Å². The Bertz CT molecular complexity index is 796. The Hall–Kier alpha value is -2.63. The van der Waals surface area contributed by atoms with E-state index >= 15 is 0 Å². The summed E-state index contributed by atoms with van der Waals surface area (Å²) in [6.45, 7) is 2.37. The average molecular weight is 359 g/mol. The molecule has 1 aromatic heterocycles. The van der Waals surface area contributed by atoms with Crippen molar-refractivity contribution in [1.29, 1.82) is 0 Å². The quantitative estimate of drug-likeness (QED) is 0.399. The third-order valence-electron chi connectivity index (χ3n) is 4.02. The van der Waals surface area contributed by atoms with E-state index in [1.54, 1.807) is 24.3 Å². The molecule has 0 saturated heterocycles. The minimum Gasteiger partial charge on any atom is -0.464 e. The normalized spacial score (nSPS) is 10.7. The van der Waals surface area contributed by atoms with Crippen molar-refractivity contribution >= 4 is 22.8 Å². The molecule has 0 bridgehead atoms. The molecule has 6 heteroatoms. The third-order valence-corrected chi connectivity index (χ3v) is 4.02. The molecule has 140 valence electrons. The maximum Gasteiger partial charge on any atom is 0.349 e. The van der Waals surface area contributed by atoms with Crippen LogP contribution in [-0.2, 0) is 9.53 Å². The van der Waals surface area contributed by atoms with Crippen LogP contribution in [0, 0.1) is 0 Å². The first-order chi connectivity index (χ1) is 12.6. The van der Waals surface area contributed by atoms with E-state index in [0.29, 0.717) is 17.4 Å². The number of ether oxygens (including phenoxy) is 1. The monoisotopic (exact) mass is 359 g/mol. The van der Waals surface area contributed by atoms with Crippen LogP contribution in [0.2, 0.25) is 0 Å². The number of hydrogen-bond acceptors (Lipinski definition) is 5. The van der Waals surface area contributed by atoms with Crippen molar-refractivity contribution in [2.24, 2.45) is 0 Å². The van der Waals surface area contributed by atoms with Gasteiger partial charge in [-0.15, -0.1) is 0 Å². The molecule has 0 aliphatic heterocycles. The third kappa shape index (κ3) is 6.02. The van der Waals surface area contributed by atoms with E-state index in [-0.39, 0.29) is 24.7 Å². The molecule has 1 N–H and O–H groups in total. The molecule has 1 aromatic carbocycles. The maximum absolute atomic E-state index is 12.1. The zero-order chi connectivity index (χ0) is 18.8. The molecule has 26 heavy (non-hydrogen) atoms. The number of unbranched alkanes of at least 4 members (excludes halogenated alkanes) is 4. The Balaban J connectivity index is 1.73. The van der Waals surface area contributed by atoms with Gasteiger partial charge < -0.3 is 14.5 Å². The molecular formula is C20H25NO5. The van der Waals surface area contributed by atoms with Gasteiger partial charge in [0.1, 0.15) is 17.8 Å². The van der Waals surface area contributed by atoms with Crippen LogP contribution in [0.25, 0.3) is 11.0 Å². The summed E-state index contributed by atoms with van der Waals surface area (Å²) in [5, 5.41) is 3.24. The summed E-state index contributed by atoms with van der Waals surface area (Å²) in [4.78, 5) is 35.6. The van der Waals surface area contributed by atoms with Gasteiger partial charge in [-0.05, 0) is 18.6 Å². The van der Waals surface area contributed by atoms with Crippen molar-refractivity contribution < 1.29 is 18.7 Å². The zero-order valence-electron chi connectivity index (χ0n) is 15.1. The first-order valence-electron chi connectivity index (χ1n) is 9.08. The van der Waals surface area contributed by atoms with Crippen LogP contribution in [0.3, 0.4) is 0 Å². The lowest BCUT2D eigenvalue weighted by molar-refractivity contribution is -0.143. The zero-order valence-corrected chi connectivity index (χ0v) is 15.1. The van der Waals surface area contributed by atoms with Gasteiger partial charge in [-0.1, -0.05) is 50.8 Å². The Morgan fingerprint density at radius 1 is 1.12 bits per heavy atom. The first-order valence-corrected chi connectivity index (χ1v) is 9.08. The molecule has 0 radical (unpaired) electrons. The molecular weight excluding hydrogens is 334 g/mol. The molecule has 0 spiro atoms. The Labute approximate surface area is 152 Å². The summed E-state index contributed by atoms with van der Waals surface area (Å²) in [7, 11) is 0. The number of amides is 1. The summed E-state index contributed by atoms with van der Waals surface area (Å²) in [5.41, 5.74) is -0.321. The number of hydrogen-bond donors (Lipinski definition) is 1. The highest BCUT2D eigenvalue weighted by atomic mass is 16.5. The maximum atomic E-state index is 12.1. The minimum atomic E-state index is -0.690. The second-order valence-electron chi connectivity index (χ2n) is 6.13. The van der Waals surface area contributed by atoms with Gasteiger partial charge in [0, 0.05) is 11.8 Å². The van der Waals surface area contributed by atoms with E-state index in [1.807, 2.05) is 0 Å². The molecule has 2 aromatic rings. The number of rotatable bonds is 10.